The van der Waals surface area contributed by atoms with Crippen LogP contribution in [0, 0.1) is 0 Å². The maximum Gasteiger partial charge on any atom is 0.137 e. The Bertz CT molecular complexity index is 304. The molecule has 1 N–H and O–H groups in total. The molecule has 1 aromatic heterocycles. The first kappa shape index (κ1) is 15.5. The molecule has 0 amide bonds. The van der Waals surface area contributed by atoms with E-state index in [1.54, 1.807) is 13.3 Å². The Morgan fingerprint density at radius 1 is 1.25 bits per heavy atom. The van der Waals surface area contributed by atoms with Gasteiger partial charge in [0.2, 0.25) is 0 Å². The lowest BCUT2D eigenvalue weighted by Gasteiger charge is -2.22. The zero-order valence-corrected chi connectivity index (χ0v) is 10.9. The number of nitrogens with one attached hydrogen (secondary N) is 1. The van der Waals surface area contributed by atoms with Gasteiger partial charge in [0.15, 0.2) is 0 Å². The van der Waals surface area contributed by atoms with Gasteiger partial charge in [0, 0.05) is 6.20 Å². The fourth-order valence-corrected chi connectivity index (χ4v) is 1.93. The molecule has 0 radical (unpaired) electrons. The summed E-state index contributed by atoms with van der Waals surface area (Å²) in [5.74, 6) is 1.51. The van der Waals surface area contributed by atoms with Crippen LogP contribution < -0.4 is 10.1 Å². The van der Waals surface area contributed by atoms with E-state index in [9.17, 15) is 0 Å². The largest absolute Gasteiger partial charge is 0.495 e. The van der Waals surface area contributed by atoms with Crippen LogP contribution in [0.1, 0.15) is 24.3 Å². The number of ether oxygens (including phenoxy) is 1. The smallest absolute Gasteiger partial charge is 0.137 e. The van der Waals surface area contributed by atoms with E-state index in [1.165, 1.54) is 18.4 Å². The van der Waals surface area contributed by atoms with E-state index in [0.717, 1.165) is 18.8 Å². The summed E-state index contributed by atoms with van der Waals surface area (Å²) in [6, 6.07) is 2.10. The van der Waals surface area contributed by atoms with E-state index in [-0.39, 0.29) is 24.8 Å². The van der Waals surface area contributed by atoms with Crippen LogP contribution in [0.4, 0.5) is 0 Å². The maximum atomic E-state index is 5.17. The lowest BCUT2D eigenvalue weighted by Crippen LogP contribution is -2.26. The van der Waals surface area contributed by atoms with Crippen molar-refractivity contribution in [3.05, 3.63) is 24.0 Å². The quantitative estimate of drug-likeness (QED) is 0.891. The molecule has 16 heavy (non-hydrogen) atoms. The van der Waals surface area contributed by atoms with Crippen molar-refractivity contribution in [1.82, 2.24) is 10.3 Å². The Morgan fingerprint density at radius 3 is 2.56 bits per heavy atom. The number of hydrogen-bond donors (Lipinski definition) is 1. The van der Waals surface area contributed by atoms with E-state index < -0.39 is 0 Å². The average Bonchev–Trinajstić information content (AvgIpc) is 2.30. The van der Waals surface area contributed by atoms with Gasteiger partial charge in [0.25, 0.3) is 0 Å². The van der Waals surface area contributed by atoms with Gasteiger partial charge in [-0.05, 0) is 43.5 Å². The van der Waals surface area contributed by atoms with Crippen molar-refractivity contribution in [3.8, 4) is 5.75 Å². The summed E-state index contributed by atoms with van der Waals surface area (Å²) in [4.78, 5) is 4.19. The van der Waals surface area contributed by atoms with Gasteiger partial charge in [-0.1, -0.05) is 0 Å². The van der Waals surface area contributed by atoms with Crippen molar-refractivity contribution in [2.24, 2.45) is 0 Å². The molecule has 0 atom stereocenters. The Kier molecular flexibility index (Phi) is 7.47. The molecule has 3 nitrogen and oxygen atoms in total. The predicted molar refractivity (Wildman–Crippen MR) is 70.1 cm³/mol. The van der Waals surface area contributed by atoms with E-state index in [1.807, 2.05) is 6.20 Å². The molecule has 1 saturated heterocycles. The standard InChI is InChI=1S/C11H16N2O.2ClH/c1-14-11-6-10(7-13-8-11)9-2-4-12-5-3-9;;/h6-9,12H,2-5H2,1H3;2*1H. The first-order valence-corrected chi connectivity index (χ1v) is 5.10. The maximum absolute atomic E-state index is 5.17. The highest BCUT2D eigenvalue weighted by Crippen LogP contribution is 2.26. The van der Waals surface area contributed by atoms with Crippen LogP contribution in [0.25, 0.3) is 0 Å². The van der Waals surface area contributed by atoms with Gasteiger partial charge in [-0.2, -0.15) is 0 Å². The van der Waals surface area contributed by atoms with Crippen LogP contribution in [0.3, 0.4) is 0 Å². The number of rotatable bonds is 2. The van der Waals surface area contributed by atoms with Crippen LogP contribution in [0.2, 0.25) is 0 Å². The van der Waals surface area contributed by atoms with Crippen LogP contribution in [-0.2, 0) is 0 Å². The Balaban J connectivity index is 0.00000112. The third-order valence-electron chi connectivity index (χ3n) is 2.78. The van der Waals surface area contributed by atoms with Crippen molar-refractivity contribution >= 4 is 24.8 Å². The first-order chi connectivity index (χ1) is 6.90. The molecule has 0 spiro atoms. The van der Waals surface area contributed by atoms with Crippen molar-refractivity contribution in [2.75, 3.05) is 20.2 Å². The number of methoxy groups -OCH3 is 1. The number of nitrogens with zero attached hydrogens (tertiary/aromatic N) is 1. The lowest BCUT2D eigenvalue weighted by atomic mass is 9.91. The van der Waals surface area contributed by atoms with Gasteiger partial charge in [0.05, 0.1) is 13.3 Å². The molecule has 2 heterocycles. The minimum atomic E-state index is 0. The molecule has 92 valence electrons. The lowest BCUT2D eigenvalue weighted by molar-refractivity contribution is 0.409. The molecular formula is C11H18Cl2N2O. The number of pyridine rings is 1. The summed E-state index contributed by atoms with van der Waals surface area (Å²) >= 11 is 0. The Labute approximate surface area is 109 Å². The van der Waals surface area contributed by atoms with Crippen molar-refractivity contribution in [3.63, 3.8) is 0 Å². The number of aromatic nitrogens is 1. The molecule has 0 aromatic carbocycles. The van der Waals surface area contributed by atoms with Crippen LogP contribution in [0.15, 0.2) is 18.5 Å². The summed E-state index contributed by atoms with van der Waals surface area (Å²) in [5.41, 5.74) is 1.31. The summed E-state index contributed by atoms with van der Waals surface area (Å²) < 4.78 is 5.17. The normalized spacial score (nSPS) is 15.8. The fourth-order valence-electron chi connectivity index (χ4n) is 1.93. The van der Waals surface area contributed by atoms with E-state index >= 15 is 0 Å². The SMILES string of the molecule is COc1cncc(C2CCNCC2)c1.Cl.Cl. The molecule has 1 aliphatic rings. The van der Waals surface area contributed by atoms with E-state index in [0.29, 0.717) is 5.92 Å². The second kappa shape index (κ2) is 7.71. The molecule has 2 rings (SSSR count). The molecule has 0 unspecified atom stereocenters. The third kappa shape index (κ3) is 3.81. The van der Waals surface area contributed by atoms with Gasteiger partial charge >= 0.3 is 0 Å². The monoisotopic (exact) mass is 264 g/mol. The van der Waals surface area contributed by atoms with Gasteiger partial charge < -0.3 is 10.1 Å². The minimum absolute atomic E-state index is 0. The summed E-state index contributed by atoms with van der Waals surface area (Å²) in [7, 11) is 1.68. The van der Waals surface area contributed by atoms with E-state index in [4.69, 9.17) is 4.74 Å². The van der Waals surface area contributed by atoms with Gasteiger partial charge in [-0.25, -0.2) is 0 Å². The zero-order chi connectivity index (χ0) is 9.80. The van der Waals surface area contributed by atoms with Gasteiger partial charge in [-0.15, -0.1) is 24.8 Å². The second-order valence-electron chi connectivity index (χ2n) is 3.68. The second-order valence-corrected chi connectivity index (χ2v) is 3.68. The molecule has 5 heteroatoms. The highest BCUT2D eigenvalue weighted by molar-refractivity contribution is 5.85. The highest BCUT2D eigenvalue weighted by atomic mass is 35.5. The van der Waals surface area contributed by atoms with Crippen LogP contribution in [-0.4, -0.2) is 25.2 Å². The number of piperidine rings is 1. The minimum Gasteiger partial charge on any atom is -0.495 e. The third-order valence-corrected chi connectivity index (χ3v) is 2.78. The molecular weight excluding hydrogens is 247 g/mol. The number of halogens is 2. The Hall–Kier alpha value is -0.510. The molecule has 0 saturated carbocycles. The van der Waals surface area contributed by atoms with Gasteiger partial charge in [0.1, 0.15) is 5.75 Å². The van der Waals surface area contributed by atoms with Crippen molar-refractivity contribution in [2.45, 2.75) is 18.8 Å². The highest BCUT2D eigenvalue weighted by Gasteiger charge is 2.15. The van der Waals surface area contributed by atoms with Crippen LogP contribution in [0.5, 0.6) is 5.75 Å². The summed E-state index contributed by atoms with van der Waals surface area (Å²) in [6.07, 6.45) is 6.12. The van der Waals surface area contributed by atoms with Gasteiger partial charge in [-0.3, -0.25) is 4.98 Å². The van der Waals surface area contributed by atoms with E-state index in [2.05, 4.69) is 16.4 Å². The molecule has 1 fully saturated rings. The van der Waals surface area contributed by atoms with Crippen molar-refractivity contribution in [1.29, 1.82) is 0 Å². The van der Waals surface area contributed by atoms with Crippen molar-refractivity contribution < 1.29 is 4.74 Å². The predicted octanol–water partition coefficient (Wildman–Crippen LogP) is 2.40. The first-order valence-electron chi connectivity index (χ1n) is 5.10. The molecule has 0 bridgehead atoms. The summed E-state index contributed by atoms with van der Waals surface area (Å²) in [6.45, 7) is 2.23. The summed E-state index contributed by atoms with van der Waals surface area (Å²) in [5, 5.41) is 3.36. The fraction of sp³-hybridized carbons (Fsp3) is 0.545. The Morgan fingerprint density at radius 2 is 1.94 bits per heavy atom. The van der Waals surface area contributed by atoms with Crippen LogP contribution >= 0.6 is 24.8 Å². The molecule has 1 aromatic rings. The zero-order valence-electron chi connectivity index (χ0n) is 9.31. The average molecular weight is 265 g/mol. The number of hydrogen-bond acceptors (Lipinski definition) is 3. The topological polar surface area (TPSA) is 34.1 Å². The molecule has 1 aliphatic heterocycles. The molecule has 0 aliphatic carbocycles.